The van der Waals surface area contributed by atoms with Crippen molar-refractivity contribution in [1.29, 1.82) is 0 Å². The minimum absolute atomic E-state index is 0. The smallest absolute Gasteiger partial charge is 0.416 e. The first kappa shape index (κ1) is 38.7. The molecule has 4 rings (SSSR count). The number of hydrogen-bond acceptors (Lipinski definition) is 7. The third kappa shape index (κ3) is 8.28. The van der Waals surface area contributed by atoms with Gasteiger partial charge in [0.05, 0.1) is 36.8 Å². The summed E-state index contributed by atoms with van der Waals surface area (Å²) < 4.78 is 50.9. The quantitative estimate of drug-likeness (QED) is 0.309. The molecule has 0 fully saturated rings. The molecule has 254 valence electrons. The predicted octanol–water partition coefficient (Wildman–Crippen LogP) is 5.67. The van der Waals surface area contributed by atoms with Crippen LogP contribution in [0.3, 0.4) is 0 Å². The minimum Gasteiger partial charge on any atom is -0.493 e. The molecule has 2 aliphatic heterocycles. The molecule has 0 amide bonds. The van der Waals surface area contributed by atoms with Crippen LogP contribution in [0, 0.1) is 0 Å². The normalized spacial score (nSPS) is 16.9. The molecule has 0 aromatic heterocycles. The van der Waals surface area contributed by atoms with Gasteiger partial charge in [-0.25, -0.2) is 9.59 Å². The third-order valence-electron chi connectivity index (χ3n) is 8.30. The van der Waals surface area contributed by atoms with Crippen LogP contribution in [-0.2, 0) is 28.7 Å². The van der Waals surface area contributed by atoms with Gasteiger partial charge in [0.25, 0.3) is 0 Å². The number of nitrogens with zero attached hydrogens (tertiary/aromatic N) is 3. The fourth-order valence-electron chi connectivity index (χ4n) is 6.02. The van der Waals surface area contributed by atoms with Crippen molar-refractivity contribution >= 4 is 36.8 Å². The number of hydrogen-bond donors (Lipinski definition) is 2. The number of aliphatic carboxylic acids is 2. The van der Waals surface area contributed by atoms with Crippen LogP contribution >= 0.6 is 24.8 Å². The Bertz CT molecular complexity index is 1480. The number of methoxy groups -OCH3 is 2. The van der Waals surface area contributed by atoms with E-state index in [4.69, 9.17) is 9.47 Å². The summed E-state index contributed by atoms with van der Waals surface area (Å²) in [5.74, 6) is -2.62. The molecule has 0 spiro atoms. The number of carboxylic acid groups (broad SMARTS) is 2. The minimum atomic E-state index is -4.59. The molecule has 0 aliphatic carbocycles. The molecule has 2 aromatic rings. The molecule has 1 atom stereocenters. The summed E-state index contributed by atoms with van der Waals surface area (Å²) >= 11 is 0. The lowest BCUT2D eigenvalue weighted by atomic mass is 9.78. The van der Waals surface area contributed by atoms with E-state index in [0.717, 1.165) is 29.7 Å². The lowest BCUT2D eigenvalue weighted by molar-refractivity contribution is -0.138. The van der Waals surface area contributed by atoms with Crippen molar-refractivity contribution < 1.29 is 42.4 Å². The van der Waals surface area contributed by atoms with Crippen molar-refractivity contribution in [3.63, 3.8) is 0 Å². The Hall–Kier alpha value is -3.45. The Morgan fingerprint density at radius 3 is 1.91 bits per heavy atom. The van der Waals surface area contributed by atoms with E-state index in [2.05, 4.69) is 4.90 Å². The van der Waals surface area contributed by atoms with Crippen LogP contribution in [0.25, 0.3) is 0 Å². The highest BCUT2D eigenvalue weighted by Crippen LogP contribution is 2.44. The summed E-state index contributed by atoms with van der Waals surface area (Å²) in [6.07, 6.45) is -3.25. The van der Waals surface area contributed by atoms with Crippen LogP contribution in [0.4, 0.5) is 13.2 Å². The maximum Gasteiger partial charge on any atom is 0.416 e. The van der Waals surface area contributed by atoms with Crippen LogP contribution < -0.4 is 9.47 Å². The Morgan fingerprint density at radius 2 is 1.43 bits per heavy atom. The molecular weight excluding hydrogens is 650 g/mol. The van der Waals surface area contributed by atoms with Crippen molar-refractivity contribution in [1.82, 2.24) is 14.7 Å². The fraction of sp³-hybridized carbons (Fsp3) is 0.438. The second-order valence-corrected chi connectivity index (χ2v) is 11.2. The molecular formula is C32H40Cl2F3N3O6. The Labute approximate surface area is 279 Å². The SMILES string of the molecule is COc1cc2c(cc1OC)CN(CCC1=C(C(=O)O)C(c3ccc(C(F)(F)F)cc3)C(C(=O)O)=C(CCN(C)C)N1C)CC2.Cl.Cl. The molecule has 2 N–H and O–H groups in total. The summed E-state index contributed by atoms with van der Waals surface area (Å²) in [4.78, 5) is 31.4. The van der Waals surface area contributed by atoms with Crippen molar-refractivity contribution in [2.24, 2.45) is 0 Å². The molecule has 2 heterocycles. The van der Waals surface area contributed by atoms with E-state index in [1.807, 2.05) is 31.1 Å². The summed E-state index contributed by atoms with van der Waals surface area (Å²) in [6, 6.07) is 7.98. The van der Waals surface area contributed by atoms with Gasteiger partial charge in [0.1, 0.15) is 0 Å². The highest BCUT2D eigenvalue weighted by atomic mass is 35.5. The second-order valence-electron chi connectivity index (χ2n) is 11.2. The van der Waals surface area contributed by atoms with Crippen molar-refractivity contribution in [3.8, 4) is 11.5 Å². The highest BCUT2D eigenvalue weighted by Gasteiger charge is 2.41. The third-order valence-corrected chi connectivity index (χ3v) is 8.30. The van der Waals surface area contributed by atoms with E-state index in [1.54, 1.807) is 26.2 Å². The molecule has 2 aromatic carbocycles. The zero-order valence-corrected chi connectivity index (χ0v) is 27.9. The van der Waals surface area contributed by atoms with Gasteiger partial charge in [-0.3, -0.25) is 4.90 Å². The highest BCUT2D eigenvalue weighted by molar-refractivity contribution is 5.98. The maximum atomic E-state index is 13.3. The van der Waals surface area contributed by atoms with E-state index in [0.29, 0.717) is 55.5 Å². The van der Waals surface area contributed by atoms with E-state index in [9.17, 15) is 33.0 Å². The molecule has 46 heavy (non-hydrogen) atoms. The molecule has 14 heteroatoms. The largest absolute Gasteiger partial charge is 0.493 e. The summed E-state index contributed by atoms with van der Waals surface area (Å²) in [7, 11) is 8.51. The van der Waals surface area contributed by atoms with E-state index in [1.165, 1.54) is 12.1 Å². The van der Waals surface area contributed by atoms with Crippen LogP contribution in [-0.4, -0.2) is 91.8 Å². The number of ether oxygens (including phenoxy) is 2. The van der Waals surface area contributed by atoms with Crippen LogP contribution in [0.15, 0.2) is 58.9 Å². The van der Waals surface area contributed by atoms with E-state index in [-0.39, 0.29) is 47.9 Å². The van der Waals surface area contributed by atoms with Gasteiger partial charge in [-0.2, -0.15) is 13.2 Å². The molecule has 0 saturated carbocycles. The molecule has 1 unspecified atom stereocenters. The predicted molar refractivity (Wildman–Crippen MR) is 172 cm³/mol. The van der Waals surface area contributed by atoms with Crippen molar-refractivity contribution in [2.45, 2.75) is 37.9 Å². The van der Waals surface area contributed by atoms with E-state index >= 15 is 0 Å². The van der Waals surface area contributed by atoms with Gasteiger partial charge in [-0.15, -0.1) is 24.8 Å². The summed E-state index contributed by atoms with van der Waals surface area (Å²) in [5.41, 5.74) is 2.04. The van der Waals surface area contributed by atoms with Gasteiger partial charge < -0.3 is 29.5 Å². The van der Waals surface area contributed by atoms with Crippen molar-refractivity contribution in [2.75, 3.05) is 55.0 Å². The summed E-state index contributed by atoms with van der Waals surface area (Å²) in [6.45, 7) is 2.28. The number of alkyl halides is 3. The maximum absolute atomic E-state index is 13.3. The Morgan fingerprint density at radius 1 is 0.913 bits per heavy atom. The fourth-order valence-corrected chi connectivity index (χ4v) is 6.02. The number of carbonyl (C=O) groups is 2. The monoisotopic (exact) mass is 689 g/mol. The van der Waals surface area contributed by atoms with Crippen molar-refractivity contribution in [3.05, 3.63) is 81.2 Å². The molecule has 9 nitrogen and oxygen atoms in total. The topological polar surface area (TPSA) is 103 Å². The first-order valence-corrected chi connectivity index (χ1v) is 14.2. The molecule has 0 bridgehead atoms. The second kappa shape index (κ2) is 15.9. The number of carboxylic acids is 2. The van der Waals surface area contributed by atoms with Gasteiger partial charge in [-0.05, 0) is 61.5 Å². The average Bonchev–Trinajstić information content (AvgIpc) is 2.97. The zero-order valence-electron chi connectivity index (χ0n) is 26.3. The standard InChI is InChI=1S/C32H38F3N3O6.2ClH/c1-36(2)13-11-23-28(30(39)40)27(19-6-8-22(9-7-19)32(33,34)35)29(31(41)42)24(37(23)3)12-15-38-14-10-20-16-25(43-4)26(44-5)17-21(20)18-38;;/h6-9,16-17,27H,10-15,18H2,1-5H3,(H,39,40)(H,41,42);2*1H. The van der Waals surface area contributed by atoms with Crippen LogP contribution in [0.5, 0.6) is 11.5 Å². The van der Waals surface area contributed by atoms with Gasteiger partial charge in [0.15, 0.2) is 11.5 Å². The molecule has 2 aliphatic rings. The lowest BCUT2D eigenvalue weighted by Gasteiger charge is -2.39. The van der Waals surface area contributed by atoms with Crippen LogP contribution in [0.2, 0.25) is 0 Å². The lowest BCUT2D eigenvalue weighted by Crippen LogP contribution is -2.37. The van der Waals surface area contributed by atoms with Gasteiger partial charge in [0.2, 0.25) is 0 Å². The average molecular weight is 691 g/mol. The van der Waals surface area contributed by atoms with Gasteiger partial charge >= 0.3 is 18.1 Å². The van der Waals surface area contributed by atoms with Crippen LogP contribution in [0.1, 0.15) is 41.0 Å². The first-order valence-electron chi connectivity index (χ1n) is 14.2. The number of rotatable bonds is 11. The summed E-state index contributed by atoms with van der Waals surface area (Å²) in [5, 5.41) is 20.9. The first-order chi connectivity index (χ1) is 20.8. The number of fused-ring (bicyclic) bond motifs is 1. The van der Waals surface area contributed by atoms with Gasteiger partial charge in [-0.1, -0.05) is 12.1 Å². The molecule has 0 saturated heterocycles. The van der Waals surface area contributed by atoms with E-state index < -0.39 is 29.6 Å². The Balaban J connectivity index is 0.00000368. The van der Waals surface area contributed by atoms with Gasteiger partial charge in [0, 0.05) is 57.5 Å². The Kier molecular flexibility index (Phi) is 13.4. The number of halogens is 5. The zero-order chi connectivity index (χ0) is 32.3. The number of benzene rings is 2. The molecule has 0 radical (unpaired) electrons.